The Morgan fingerprint density at radius 3 is 2.81 bits per heavy atom. The van der Waals surface area contributed by atoms with Crippen LogP contribution in [0.3, 0.4) is 0 Å². The summed E-state index contributed by atoms with van der Waals surface area (Å²) >= 11 is 0. The number of hydrogen-bond donors (Lipinski definition) is 0. The summed E-state index contributed by atoms with van der Waals surface area (Å²) in [6.07, 6.45) is -0.319. The number of carbonyl (C=O) groups is 1. The van der Waals surface area contributed by atoms with Crippen molar-refractivity contribution in [2.24, 2.45) is 5.92 Å². The minimum atomic E-state index is -0.641. The number of para-hydroxylation sites is 2. The molecule has 2 rings (SSSR count). The van der Waals surface area contributed by atoms with Crippen LogP contribution in [0.5, 0.6) is 11.5 Å². The first kappa shape index (κ1) is 15.2. The normalized spacial score (nSPS) is 16.4. The maximum absolute atomic E-state index is 12.6. The standard InChI is InChI=1S/C16H20N2O3/c1-12(2)10-18(9-5-8-17)16(19)15-11-20-13-6-3-4-7-14(13)21-15/h3-4,6-7,12,15H,5,9-11H2,1-2H3. The lowest BCUT2D eigenvalue weighted by atomic mass is 10.1. The first-order chi connectivity index (χ1) is 10.1. The van der Waals surface area contributed by atoms with E-state index in [1.807, 2.05) is 32.0 Å². The monoisotopic (exact) mass is 288 g/mol. The minimum absolute atomic E-state index is 0.117. The molecule has 1 aliphatic rings. The summed E-state index contributed by atoms with van der Waals surface area (Å²) in [5, 5.41) is 8.73. The Balaban J connectivity index is 2.06. The van der Waals surface area contributed by atoms with Gasteiger partial charge in [0.1, 0.15) is 6.61 Å². The molecule has 1 aromatic carbocycles. The van der Waals surface area contributed by atoms with Crippen molar-refractivity contribution >= 4 is 5.91 Å². The number of nitriles is 1. The second-order valence-electron chi connectivity index (χ2n) is 5.45. The third-order valence-electron chi connectivity index (χ3n) is 3.17. The van der Waals surface area contributed by atoms with Crippen LogP contribution in [0.2, 0.25) is 0 Å². The van der Waals surface area contributed by atoms with E-state index in [0.29, 0.717) is 36.9 Å². The van der Waals surface area contributed by atoms with Crippen molar-refractivity contribution in [3.8, 4) is 17.6 Å². The molecule has 5 nitrogen and oxygen atoms in total. The predicted molar refractivity (Wildman–Crippen MR) is 78.0 cm³/mol. The molecule has 0 aliphatic carbocycles. The molecule has 0 spiro atoms. The average molecular weight is 288 g/mol. The smallest absolute Gasteiger partial charge is 0.267 e. The Labute approximate surface area is 125 Å². The van der Waals surface area contributed by atoms with Crippen LogP contribution in [0, 0.1) is 17.2 Å². The number of fused-ring (bicyclic) bond motifs is 1. The Bertz CT molecular complexity index is 537. The molecule has 0 radical (unpaired) electrons. The fourth-order valence-electron chi connectivity index (χ4n) is 2.26. The number of benzene rings is 1. The molecule has 5 heteroatoms. The summed E-state index contributed by atoms with van der Waals surface area (Å²) in [6.45, 7) is 5.33. The van der Waals surface area contributed by atoms with Gasteiger partial charge in [-0.1, -0.05) is 26.0 Å². The molecular formula is C16H20N2O3. The largest absolute Gasteiger partial charge is 0.485 e. The second-order valence-corrected chi connectivity index (χ2v) is 5.45. The van der Waals surface area contributed by atoms with E-state index in [2.05, 4.69) is 6.07 Å². The molecule has 0 saturated carbocycles. The van der Waals surface area contributed by atoms with Crippen molar-refractivity contribution in [1.82, 2.24) is 4.90 Å². The number of carbonyl (C=O) groups excluding carboxylic acids is 1. The number of nitrogens with zero attached hydrogens (tertiary/aromatic N) is 2. The highest BCUT2D eigenvalue weighted by atomic mass is 16.6. The molecule has 1 amide bonds. The molecule has 1 aliphatic heterocycles. The minimum Gasteiger partial charge on any atom is -0.485 e. The zero-order valence-corrected chi connectivity index (χ0v) is 12.4. The van der Waals surface area contributed by atoms with Gasteiger partial charge in [-0.3, -0.25) is 4.79 Å². The van der Waals surface area contributed by atoms with Crippen LogP contribution in [-0.4, -0.2) is 36.6 Å². The summed E-state index contributed by atoms with van der Waals surface area (Å²) in [7, 11) is 0. The number of ether oxygens (including phenoxy) is 2. The summed E-state index contributed by atoms with van der Waals surface area (Å²) in [4.78, 5) is 14.3. The van der Waals surface area contributed by atoms with Gasteiger partial charge in [0.05, 0.1) is 12.5 Å². The molecule has 0 saturated heterocycles. The average Bonchev–Trinajstić information content (AvgIpc) is 2.50. The van der Waals surface area contributed by atoms with E-state index in [9.17, 15) is 4.79 Å². The van der Waals surface area contributed by atoms with Gasteiger partial charge in [0.15, 0.2) is 11.5 Å². The Hall–Kier alpha value is -2.22. The first-order valence-corrected chi connectivity index (χ1v) is 7.16. The predicted octanol–water partition coefficient (Wildman–Crippen LogP) is 2.22. The van der Waals surface area contributed by atoms with Gasteiger partial charge in [-0.05, 0) is 18.1 Å². The van der Waals surface area contributed by atoms with E-state index in [0.717, 1.165) is 0 Å². The lowest BCUT2D eigenvalue weighted by molar-refractivity contribution is -0.141. The van der Waals surface area contributed by atoms with Gasteiger partial charge in [0.25, 0.3) is 5.91 Å². The lowest BCUT2D eigenvalue weighted by Gasteiger charge is -2.31. The van der Waals surface area contributed by atoms with Crippen molar-refractivity contribution in [1.29, 1.82) is 5.26 Å². The molecule has 0 bridgehead atoms. The topological polar surface area (TPSA) is 62.6 Å². The van der Waals surface area contributed by atoms with Crippen LogP contribution in [0.4, 0.5) is 0 Å². The van der Waals surface area contributed by atoms with Crippen LogP contribution in [0.1, 0.15) is 20.3 Å². The number of hydrogen-bond acceptors (Lipinski definition) is 4. The van der Waals surface area contributed by atoms with Crippen molar-refractivity contribution in [2.75, 3.05) is 19.7 Å². The Morgan fingerprint density at radius 2 is 2.14 bits per heavy atom. The summed E-state index contributed by atoms with van der Waals surface area (Å²) in [5.41, 5.74) is 0. The van der Waals surface area contributed by atoms with E-state index in [1.54, 1.807) is 11.0 Å². The second kappa shape index (κ2) is 6.98. The van der Waals surface area contributed by atoms with E-state index >= 15 is 0 Å². The maximum Gasteiger partial charge on any atom is 0.267 e. The van der Waals surface area contributed by atoms with Gasteiger partial charge in [0.2, 0.25) is 6.10 Å². The van der Waals surface area contributed by atoms with Crippen LogP contribution in [0.15, 0.2) is 24.3 Å². The first-order valence-electron chi connectivity index (χ1n) is 7.16. The fraction of sp³-hybridized carbons (Fsp3) is 0.500. The molecule has 1 heterocycles. The quantitative estimate of drug-likeness (QED) is 0.833. The fourth-order valence-corrected chi connectivity index (χ4v) is 2.26. The van der Waals surface area contributed by atoms with Crippen molar-refractivity contribution in [3.63, 3.8) is 0 Å². The van der Waals surface area contributed by atoms with E-state index < -0.39 is 6.10 Å². The SMILES string of the molecule is CC(C)CN(CCC#N)C(=O)C1COc2ccccc2O1. The zero-order chi connectivity index (χ0) is 15.2. The molecule has 112 valence electrons. The number of amides is 1. The number of rotatable bonds is 5. The molecule has 0 aromatic heterocycles. The molecule has 21 heavy (non-hydrogen) atoms. The van der Waals surface area contributed by atoms with E-state index in [-0.39, 0.29) is 12.5 Å². The summed E-state index contributed by atoms with van der Waals surface area (Å²) in [6, 6.07) is 9.39. The third-order valence-corrected chi connectivity index (χ3v) is 3.17. The molecule has 0 fully saturated rings. The highest BCUT2D eigenvalue weighted by molar-refractivity contribution is 5.82. The van der Waals surface area contributed by atoms with Crippen LogP contribution >= 0.6 is 0 Å². The molecule has 0 N–H and O–H groups in total. The van der Waals surface area contributed by atoms with Crippen molar-refractivity contribution in [3.05, 3.63) is 24.3 Å². The zero-order valence-electron chi connectivity index (χ0n) is 12.4. The van der Waals surface area contributed by atoms with Crippen LogP contribution in [-0.2, 0) is 4.79 Å². The van der Waals surface area contributed by atoms with Gasteiger partial charge in [0, 0.05) is 13.1 Å². The lowest BCUT2D eigenvalue weighted by Crippen LogP contribution is -2.47. The molecular weight excluding hydrogens is 268 g/mol. The van der Waals surface area contributed by atoms with Gasteiger partial charge in [-0.15, -0.1) is 0 Å². The Morgan fingerprint density at radius 1 is 1.43 bits per heavy atom. The van der Waals surface area contributed by atoms with Crippen molar-refractivity contribution in [2.45, 2.75) is 26.4 Å². The highest BCUT2D eigenvalue weighted by Crippen LogP contribution is 2.31. The highest BCUT2D eigenvalue weighted by Gasteiger charge is 2.31. The van der Waals surface area contributed by atoms with Crippen LogP contribution < -0.4 is 9.47 Å². The molecule has 1 aromatic rings. The summed E-state index contributed by atoms with van der Waals surface area (Å²) in [5.74, 6) is 1.47. The maximum atomic E-state index is 12.6. The van der Waals surface area contributed by atoms with Gasteiger partial charge in [-0.2, -0.15) is 5.26 Å². The molecule has 1 atom stereocenters. The van der Waals surface area contributed by atoms with E-state index in [4.69, 9.17) is 14.7 Å². The Kier molecular flexibility index (Phi) is 5.04. The summed E-state index contributed by atoms with van der Waals surface area (Å²) < 4.78 is 11.3. The van der Waals surface area contributed by atoms with E-state index in [1.165, 1.54) is 0 Å². The van der Waals surface area contributed by atoms with Crippen LogP contribution in [0.25, 0.3) is 0 Å². The third kappa shape index (κ3) is 3.88. The van der Waals surface area contributed by atoms with Crippen molar-refractivity contribution < 1.29 is 14.3 Å². The van der Waals surface area contributed by atoms with Gasteiger partial charge in [-0.25, -0.2) is 0 Å². The van der Waals surface area contributed by atoms with Gasteiger partial charge >= 0.3 is 0 Å². The molecule has 1 unspecified atom stereocenters. The van der Waals surface area contributed by atoms with Gasteiger partial charge < -0.3 is 14.4 Å².